The zero-order valence-corrected chi connectivity index (χ0v) is 17.4. The minimum atomic E-state index is -0.225. The van der Waals surface area contributed by atoms with Gasteiger partial charge in [-0.05, 0) is 42.7 Å². The summed E-state index contributed by atoms with van der Waals surface area (Å²) in [6.45, 7) is 8.26. The standard InChI is InChI=1S/C16H16ClN3O.C4H8.C2H6/c1-10(18)13-8-11(6-7-15(13)19)16(21)20-9-12-4-2-3-5-14(12)17;1-4-2-3-4;1-2/h2-8,18H,9,19H2,1H3,(H,20,21);4H,2-3H2,1H3;1-2H3. The van der Waals surface area contributed by atoms with Crippen molar-refractivity contribution in [3.05, 3.63) is 64.2 Å². The Kier molecular flexibility index (Phi) is 9.59. The highest BCUT2D eigenvalue weighted by Crippen LogP contribution is 2.26. The molecule has 0 atom stereocenters. The molecule has 1 aliphatic rings. The minimum Gasteiger partial charge on any atom is -0.398 e. The number of anilines is 1. The van der Waals surface area contributed by atoms with Crippen molar-refractivity contribution >= 4 is 28.9 Å². The largest absolute Gasteiger partial charge is 0.398 e. The van der Waals surface area contributed by atoms with Crippen LogP contribution in [0.1, 0.15) is 62.0 Å². The lowest BCUT2D eigenvalue weighted by Crippen LogP contribution is -2.23. The van der Waals surface area contributed by atoms with Crippen molar-refractivity contribution in [3.63, 3.8) is 0 Å². The molecule has 0 bridgehead atoms. The molecule has 146 valence electrons. The van der Waals surface area contributed by atoms with Gasteiger partial charge in [0.25, 0.3) is 5.91 Å². The maximum Gasteiger partial charge on any atom is 0.251 e. The lowest BCUT2D eigenvalue weighted by Gasteiger charge is -2.09. The van der Waals surface area contributed by atoms with Gasteiger partial charge in [0.05, 0.1) is 0 Å². The topological polar surface area (TPSA) is 79.0 Å². The summed E-state index contributed by atoms with van der Waals surface area (Å²) in [6.07, 6.45) is 2.97. The normalized spacial score (nSPS) is 12.0. The summed E-state index contributed by atoms with van der Waals surface area (Å²) >= 11 is 6.05. The zero-order valence-electron chi connectivity index (χ0n) is 16.6. The van der Waals surface area contributed by atoms with Crippen LogP contribution in [0.5, 0.6) is 0 Å². The second kappa shape index (κ2) is 11.4. The Morgan fingerprint density at radius 3 is 2.33 bits per heavy atom. The highest BCUT2D eigenvalue weighted by Gasteiger charge is 2.12. The third-order valence-electron chi connectivity index (χ3n) is 3.98. The van der Waals surface area contributed by atoms with E-state index in [0.717, 1.165) is 11.5 Å². The van der Waals surface area contributed by atoms with E-state index in [2.05, 4.69) is 12.2 Å². The van der Waals surface area contributed by atoms with Crippen LogP contribution in [-0.4, -0.2) is 11.6 Å². The highest BCUT2D eigenvalue weighted by molar-refractivity contribution is 6.31. The quantitative estimate of drug-likeness (QED) is 0.465. The molecule has 1 amide bonds. The first-order valence-electron chi connectivity index (χ1n) is 9.35. The van der Waals surface area contributed by atoms with Gasteiger partial charge in [-0.25, -0.2) is 0 Å². The van der Waals surface area contributed by atoms with Crippen molar-refractivity contribution in [1.82, 2.24) is 5.32 Å². The Bertz CT molecular complexity index is 770. The molecular formula is C22H30ClN3O. The number of nitrogen functional groups attached to an aromatic ring is 1. The Hall–Kier alpha value is -2.33. The van der Waals surface area contributed by atoms with Crippen molar-refractivity contribution in [3.8, 4) is 0 Å². The van der Waals surface area contributed by atoms with Crippen molar-refractivity contribution in [2.45, 2.75) is 47.1 Å². The predicted molar refractivity (Wildman–Crippen MR) is 116 cm³/mol. The molecule has 0 heterocycles. The minimum absolute atomic E-state index is 0.225. The molecule has 0 aliphatic heterocycles. The van der Waals surface area contributed by atoms with Crippen LogP contribution in [0.4, 0.5) is 5.69 Å². The molecule has 0 radical (unpaired) electrons. The Morgan fingerprint density at radius 2 is 1.81 bits per heavy atom. The predicted octanol–water partition coefficient (Wildman–Crippen LogP) is 5.68. The molecule has 5 heteroatoms. The van der Waals surface area contributed by atoms with E-state index >= 15 is 0 Å². The van der Waals surface area contributed by atoms with Gasteiger partial charge in [0.2, 0.25) is 0 Å². The molecule has 0 saturated heterocycles. The molecule has 2 aromatic carbocycles. The molecular weight excluding hydrogens is 358 g/mol. The Morgan fingerprint density at radius 1 is 1.22 bits per heavy atom. The fourth-order valence-corrected chi connectivity index (χ4v) is 2.31. The molecule has 1 aliphatic carbocycles. The molecule has 0 unspecified atom stereocenters. The van der Waals surface area contributed by atoms with Gasteiger partial charge in [-0.3, -0.25) is 4.79 Å². The van der Waals surface area contributed by atoms with Gasteiger partial charge in [-0.2, -0.15) is 0 Å². The molecule has 1 saturated carbocycles. The van der Waals surface area contributed by atoms with Crippen LogP contribution >= 0.6 is 11.6 Å². The maximum absolute atomic E-state index is 12.1. The Labute approximate surface area is 167 Å². The van der Waals surface area contributed by atoms with E-state index in [4.69, 9.17) is 22.7 Å². The Balaban J connectivity index is 0.000000524. The van der Waals surface area contributed by atoms with Crippen LogP contribution in [0.2, 0.25) is 5.02 Å². The first kappa shape index (κ1) is 22.7. The maximum atomic E-state index is 12.1. The van der Waals surface area contributed by atoms with Crippen LogP contribution in [0.3, 0.4) is 0 Å². The summed E-state index contributed by atoms with van der Waals surface area (Å²) < 4.78 is 0. The van der Waals surface area contributed by atoms with Crippen molar-refractivity contribution in [2.24, 2.45) is 5.92 Å². The first-order chi connectivity index (χ1) is 12.9. The van der Waals surface area contributed by atoms with E-state index in [1.807, 2.05) is 32.0 Å². The summed E-state index contributed by atoms with van der Waals surface area (Å²) in [4.78, 5) is 12.1. The number of hydrogen-bond acceptors (Lipinski definition) is 3. The summed E-state index contributed by atoms with van der Waals surface area (Å²) in [7, 11) is 0. The monoisotopic (exact) mass is 387 g/mol. The van der Waals surface area contributed by atoms with Gasteiger partial charge in [-0.15, -0.1) is 0 Å². The van der Waals surface area contributed by atoms with E-state index in [1.54, 1.807) is 31.2 Å². The first-order valence-corrected chi connectivity index (χ1v) is 9.73. The third kappa shape index (κ3) is 7.83. The number of hydrogen-bond donors (Lipinski definition) is 3. The molecule has 0 spiro atoms. The van der Waals surface area contributed by atoms with Gasteiger partial charge in [-0.1, -0.05) is 63.4 Å². The van der Waals surface area contributed by atoms with Gasteiger partial charge in [0, 0.05) is 34.1 Å². The van der Waals surface area contributed by atoms with Crippen molar-refractivity contribution in [2.75, 3.05) is 5.73 Å². The van der Waals surface area contributed by atoms with Gasteiger partial charge >= 0.3 is 0 Å². The van der Waals surface area contributed by atoms with Crippen molar-refractivity contribution in [1.29, 1.82) is 5.41 Å². The fraction of sp³-hybridized carbons (Fsp3) is 0.364. The smallest absolute Gasteiger partial charge is 0.251 e. The average molecular weight is 388 g/mol. The summed E-state index contributed by atoms with van der Waals surface area (Å²) in [6, 6.07) is 12.3. The van der Waals surface area contributed by atoms with Gasteiger partial charge in [0.1, 0.15) is 0 Å². The number of carbonyl (C=O) groups excluding carboxylic acids is 1. The highest BCUT2D eigenvalue weighted by atomic mass is 35.5. The number of nitrogens with two attached hydrogens (primary N) is 1. The van der Waals surface area contributed by atoms with Crippen LogP contribution in [0.15, 0.2) is 42.5 Å². The second-order valence-corrected chi connectivity index (χ2v) is 6.79. The van der Waals surface area contributed by atoms with E-state index in [-0.39, 0.29) is 5.91 Å². The summed E-state index contributed by atoms with van der Waals surface area (Å²) in [5.41, 5.74) is 8.50. The van der Waals surface area contributed by atoms with E-state index in [0.29, 0.717) is 34.1 Å². The molecule has 27 heavy (non-hydrogen) atoms. The number of halogens is 1. The van der Waals surface area contributed by atoms with Crippen LogP contribution in [0.25, 0.3) is 0 Å². The van der Waals surface area contributed by atoms with Gasteiger partial charge < -0.3 is 16.5 Å². The third-order valence-corrected chi connectivity index (χ3v) is 4.35. The fourth-order valence-electron chi connectivity index (χ4n) is 2.11. The average Bonchev–Trinajstić information content (AvgIpc) is 3.45. The lowest BCUT2D eigenvalue weighted by atomic mass is 10.0. The summed E-state index contributed by atoms with van der Waals surface area (Å²) in [5.74, 6) is 0.859. The van der Waals surface area contributed by atoms with E-state index in [1.165, 1.54) is 12.8 Å². The SMILES string of the molecule is CC.CC(=N)c1cc(C(=O)NCc2ccccc2Cl)ccc1N.CC1CC1. The molecule has 1 fully saturated rings. The lowest BCUT2D eigenvalue weighted by molar-refractivity contribution is 0.0951. The van der Waals surface area contributed by atoms with Crippen molar-refractivity contribution < 1.29 is 4.79 Å². The molecule has 4 nitrogen and oxygen atoms in total. The number of amides is 1. The van der Waals surface area contributed by atoms with Crippen LogP contribution in [0, 0.1) is 11.3 Å². The molecule has 3 rings (SSSR count). The molecule has 2 aromatic rings. The number of nitrogens with one attached hydrogen (secondary N) is 2. The number of rotatable bonds is 4. The van der Waals surface area contributed by atoms with Crippen LogP contribution < -0.4 is 11.1 Å². The summed E-state index contributed by atoms with van der Waals surface area (Å²) in [5, 5.41) is 11.1. The van der Waals surface area contributed by atoms with Gasteiger partial charge in [0.15, 0.2) is 0 Å². The van der Waals surface area contributed by atoms with Crippen LogP contribution in [-0.2, 0) is 6.54 Å². The second-order valence-electron chi connectivity index (χ2n) is 6.38. The van der Waals surface area contributed by atoms with E-state index < -0.39 is 0 Å². The zero-order chi connectivity index (χ0) is 20.4. The number of benzene rings is 2. The molecule has 4 N–H and O–H groups in total. The number of carbonyl (C=O) groups is 1. The molecule has 0 aromatic heterocycles. The van der Waals surface area contributed by atoms with E-state index in [9.17, 15) is 4.79 Å².